The van der Waals surface area contributed by atoms with Crippen molar-refractivity contribution in [2.24, 2.45) is 0 Å². The van der Waals surface area contributed by atoms with Gasteiger partial charge < -0.3 is 14.5 Å². The predicted molar refractivity (Wildman–Crippen MR) is 114 cm³/mol. The van der Waals surface area contributed by atoms with Gasteiger partial charge in [0.2, 0.25) is 5.89 Å². The molecule has 0 spiro atoms. The first-order chi connectivity index (χ1) is 14.2. The molecule has 146 valence electrons. The Morgan fingerprint density at radius 3 is 2.76 bits per heavy atom. The number of amides is 1. The Kier molecular flexibility index (Phi) is 5.56. The Balaban J connectivity index is 1.50. The van der Waals surface area contributed by atoms with E-state index in [4.69, 9.17) is 9.15 Å². The highest BCUT2D eigenvalue weighted by atomic mass is 16.5. The number of unbranched alkanes of at least 4 members (excludes halogenated alkanes) is 1. The molecule has 4 rings (SSSR count). The van der Waals surface area contributed by atoms with Crippen molar-refractivity contribution in [3.05, 3.63) is 78.4 Å². The molecule has 0 aliphatic rings. The number of carbonyl (C=O) groups excluding carboxylic acids is 1. The topological polar surface area (TPSA) is 64.4 Å². The van der Waals surface area contributed by atoms with E-state index in [0.29, 0.717) is 29.5 Å². The molecule has 0 bridgehead atoms. The highest BCUT2D eigenvalue weighted by molar-refractivity contribution is 6.04. The van der Waals surface area contributed by atoms with Gasteiger partial charge in [-0.05, 0) is 55.0 Å². The van der Waals surface area contributed by atoms with Gasteiger partial charge in [0.1, 0.15) is 11.3 Å². The van der Waals surface area contributed by atoms with Crippen LogP contribution in [0.5, 0.6) is 5.75 Å². The summed E-state index contributed by atoms with van der Waals surface area (Å²) in [6.07, 6.45) is 2.05. The summed E-state index contributed by atoms with van der Waals surface area (Å²) in [7, 11) is 0. The minimum absolute atomic E-state index is 0.194. The number of hydrogen-bond acceptors (Lipinski definition) is 4. The number of para-hydroxylation sites is 2. The van der Waals surface area contributed by atoms with Crippen LogP contribution in [0.1, 0.15) is 30.1 Å². The second-order valence-corrected chi connectivity index (χ2v) is 6.75. The van der Waals surface area contributed by atoms with Gasteiger partial charge in [0.05, 0.1) is 6.61 Å². The van der Waals surface area contributed by atoms with Gasteiger partial charge in [0.15, 0.2) is 5.58 Å². The summed E-state index contributed by atoms with van der Waals surface area (Å²) in [4.78, 5) is 17.2. The number of anilines is 1. The number of nitrogens with zero attached hydrogens (tertiary/aromatic N) is 1. The van der Waals surface area contributed by atoms with Crippen LogP contribution in [-0.4, -0.2) is 17.5 Å². The monoisotopic (exact) mass is 386 g/mol. The zero-order valence-corrected chi connectivity index (χ0v) is 16.2. The minimum atomic E-state index is -0.194. The molecule has 1 N–H and O–H groups in total. The maximum Gasteiger partial charge on any atom is 0.255 e. The largest absolute Gasteiger partial charge is 0.494 e. The Labute approximate surface area is 169 Å². The quantitative estimate of drug-likeness (QED) is 0.400. The molecule has 5 nitrogen and oxygen atoms in total. The van der Waals surface area contributed by atoms with Crippen LogP contribution in [0.3, 0.4) is 0 Å². The molecule has 29 heavy (non-hydrogen) atoms. The molecule has 1 amide bonds. The van der Waals surface area contributed by atoms with Crippen LogP contribution in [0.15, 0.2) is 77.2 Å². The van der Waals surface area contributed by atoms with E-state index >= 15 is 0 Å². The summed E-state index contributed by atoms with van der Waals surface area (Å²) in [5.41, 5.74) is 3.56. The fourth-order valence-corrected chi connectivity index (χ4v) is 2.99. The number of ether oxygens (including phenoxy) is 1. The second-order valence-electron chi connectivity index (χ2n) is 6.75. The molecular formula is C24H22N2O3. The Bertz CT molecular complexity index is 1100. The molecule has 1 aromatic heterocycles. The molecule has 0 radical (unpaired) electrons. The molecule has 0 unspecified atom stereocenters. The number of carbonyl (C=O) groups is 1. The van der Waals surface area contributed by atoms with Crippen molar-refractivity contribution in [3.8, 4) is 17.2 Å². The highest BCUT2D eigenvalue weighted by Gasteiger charge is 2.11. The van der Waals surface area contributed by atoms with Gasteiger partial charge in [0, 0.05) is 16.8 Å². The van der Waals surface area contributed by atoms with Crippen molar-refractivity contribution >= 4 is 22.7 Å². The van der Waals surface area contributed by atoms with E-state index in [9.17, 15) is 4.79 Å². The van der Waals surface area contributed by atoms with Gasteiger partial charge in [-0.1, -0.05) is 37.6 Å². The van der Waals surface area contributed by atoms with Gasteiger partial charge in [-0.2, -0.15) is 0 Å². The summed E-state index contributed by atoms with van der Waals surface area (Å²) in [6, 6.07) is 22.3. The maximum absolute atomic E-state index is 12.7. The van der Waals surface area contributed by atoms with Crippen molar-refractivity contribution in [2.75, 3.05) is 11.9 Å². The molecule has 0 aliphatic carbocycles. The minimum Gasteiger partial charge on any atom is -0.494 e. The molecular weight excluding hydrogens is 364 g/mol. The van der Waals surface area contributed by atoms with Crippen LogP contribution >= 0.6 is 0 Å². The third-order valence-corrected chi connectivity index (χ3v) is 4.52. The first kappa shape index (κ1) is 18.7. The van der Waals surface area contributed by atoms with E-state index in [-0.39, 0.29) is 5.91 Å². The molecule has 0 saturated carbocycles. The predicted octanol–water partition coefficient (Wildman–Crippen LogP) is 5.93. The third kappa shape index (κ3) is 4.46. The maximum atomic E-state index is 12.7. The number of benzene rings is 3. The number of aromatic nitrogens is 1. The summed E-state index contributed by atoms with van der Waals surface area (Å²) in [6.45, 7) is 2.76. The van der Waals surface area contributed by atoms with E-state index < -0.39 is 0 Å². The van der Waals surface area contributed by atoms with Gasteiger partial charge in [-0.3, -0.25) is 4.79 Å². The summed E-state index contributed by atoms with van der Waals surface area (Å²) >= 11 is 0. The average molecular weight is 386 g/mol. The number of nitrogens with one attached hydrogen (secondary N) is 1. The van der Waals surface area contributed by atoms with Crippen molar-refractivity contribution in [1.82, 2.24) is 4.98 Å². The van der Waals surface area contributed by atoms with E-state index in [2.05, 4.69) is 17.2 Å². The zero-order chi connectivity index (χ0) is 20.1. The van der Waals surface area contributed by atoms with E-state index in [1.165, 1.54) is 0 Å². The lowest BCUT2D eigenvalue weighted by atomic mass is 10.1. The SMILES string of the molecule is CCCCOc1cccc(C(=O)Nc2cccc(-c3nc4ccccc4o3)c2)c1. The number of hydrogen-bond donors (Lipinski definition) is 1. The molecule has 0 atom stereocenters. The fourth-order valence-electron chi connectivity index (χ4n) is 2.99. The van der Waals surface area contributed by atoms with E-state index in [1.54, 1.807) is 12.1 Å². The number of rotatable bonds is 7. The van der Waals surface area contributed by atoms with Crippen LogP contribution in [-0.2, 0) is 0 Å². The number of fused-ring (bicyclic) bond motifs is 1. The molecule has 0 fully saturated rings. The lowest BCUT2D eigenvalue weighted by molar-refractivity contribution is 0.102. The van der Waals surface area contributed by atoms with E-state index in [0.717, 1.165) is 29.5 Å². The first-order valence-electron chi connectivity index (χ1n) is 9.73. The van der Waals surface area contributed by atoms with Gasteiger partial charge in [-0.25, -0.2) is 4.98 Å². The Hall–Kier alpha value is -3.60. The lowest BCUT2D eigenvalue weighted by Gasteiger charge is -2.09. The molecule has 0 saturated heterocycles. The van der Waals surface area contributed by atoms with Crippen molar-refractivity contribution in [1.29, 1.82) is 0 Å². The zero-order valence-electron chi connectivity index (χ0n) is 16.2. The summed E-state index contributed by atoms with van der Waals surface area (Å²) < 4.78 is 11.5. The second kappa shape index (κ2) is 8.61. The fraction of sp³-hybridized carbons (Fsp3) is 0.167. The van der Waals surface area contributed by atoms with E-state index in [1.807, 2.05) is 60.7 Å². The molecule has 5 heteroatoms. The van der Waals surface area contributed by atoms with Crippen LogP contribution in [0.25, 0.3) is 22.6 Å². The van der Waals surface area contributed by atoms with Crippen LogP contribution in [0.4, 0.5) is 5.69 Å². The number of oxazole rings is 1. The van der Waals surface area contributed by atoms with Gasteiger partial charge in [0.25, 0.3) is 5.91 Å². The molecule has 0 aliphatic heterocycles. The standard InChI is InChI=1S/C24H22N2O3/c1-2-3-14-28-20-11-7-8-17(16-20)23(27)25-19-10-6-9-18(15-19)24-26-21-12-4-5-13-22(21)29-24/h4-13,15-16H,2-3,14H2,1H3,(H,25,27). The average Bonchev–Trinajstić information content (AvgIpc) is 3.19. The van der Waals surface area contributed by atoms with Crippen molar-refractivity contribution < 1.29 is 13.9 Å². The third-order valence-electron chi connectivity index (χ3n) is 4.52. The normalized spacial score (nSPS) is 10.8. The Morgan fingerprint density at radius 1 is 1.03 bits per heavy atom. The first-order valence-corrected chi connectivity index (χ1v) is 9.73. The molecule has 1 heterocycles. The van der Waals surface area contributed by atoms with Gasteiger partial charge >= 0.3 is 0 Å². The summed E-state index contributed by atoms with van der Waals surface area (Å²) in [5.74, 6) is 1.03. The lowest BCUT2D eigenvalue weighted by Crippen LogP contribution is -2.12. The molecule has 3 aromatic carbocycles. The summed E-state index contributed by atoms with van der Waals surface area (Å²) in [5, 5.41) is 2.93. The smallest absolute Gasteiger partial charge is 0.255 e. The van der Waals surface area contributed by atoms with Gasteiger partial charge in [-0.15, -0.1) is 0 Å². The highest BCUT2D eigenvalue weighted by Crippen LogP contribution is 2.26. The van der Waals surface area contributed by atoms with Crippen LogP contribution in [0, 0.1) is 0 Å². The van der Waals surface area contributed by atoms with Crippen molar-refractivity contribution in [3.63, 3.8) is 0 Å². The van der Waals surface area contributed by atoms with Crippen molar-refractivity contribution in [2.45, 2.75) is 19.8 Å². The van der Waals surface area contributed by atoms with Crippen LogP contribution in [0.2, 0.25) is 0 Å². The van der Waals surface area contributed by atoms with Crippen LogP contribution < -0.4 is 10.1 Å². The molecule has 4 aromatic rings. The Morgan fingerprint density at radius 2 is 1.90 bits per heavy atom.